The molecule has 0 radical (unpaired) electrons. The summed E-state index contributed by atoms with van der Waals surface area (Å²) in [4.78, 5) is 0. The van der Waals surface area contributed by atoms with E-state index in [0.717, 1.165) is 6.54 Å². The van der Waals surface area contributed by atoms with Crippen LogP contribution in [0.4, 0.5) is 5.69 Å². The van der Waals surface area contributed by atoms with E-state index in [-0.39, 0.29) is 0 Å². The molecule has 0 aromatic heterocycles. The highest BCUT2D eigenvalue weighted by Crippen LogP contribution is 2.14. The highest BCUT2D eigenvalue weighted by Gasteiger charge is 1.99. The van der Waals surface area contributed by atoms with Gasteiger partial charge in [-0.3, -0.25) is 0 Å². The van der Waals surface area contributed by atoms with Crippen molar-refractivity contribution in [1.82, 2.24) is 0 Å². The topological polar surface area (TPSA) is 12.0 Å². The SMILES string of the molecule is Cc1cccc(NCc2cc(C)ccc2C)c1. The molecule has 2 aromatic rings. The molecule has 0 saturated carbocycles. The van der Waals surface area contributed by atoms with Crippen molar-refractivity contribution in [2.75, 3.05) is 5.32 Å². The third-order valence-corrected chi connectivity index (χ3v) is 3.01. The van der Waals surface area contributed by atoms with Crippen LogP contribution >= 0.6 is 0 Å². The van der Waals surface area contributed by atoms with Gasteiger partial charge in [0.2, 0.25) is 0 Å². The molecule has 0 heterocycles. The van der Waals surface area contributed by atoms with Crippen molar-refractivity contribution in [3.8, 4) is 0 Å². The quantitative estimate of drug-likeness (QED) is 0.824. The zero-order valence-corrected chi connectivity index (χ0v) is 10.7. The van der Waals surface area contributed by atoms with Gasteiger partial charge in [-0.05, 0) is 49.6 Å². The van der Waals surface area contributed by atoms with Crippen molar-refractivity contribution in [3.05, 3.63) is 64.7 Å². The second kappa shape index (κ2) is 5.05. The normalized spacial score (nSPS) is 10.3. The molecule has 1 nitrogen and oxygen atoms in total. The summed E-state index contributed by atoms with van der Waals surface area (Å²) in [6.45, 7) is 7.29. The molecule has 0 atom stereocenters. The summed E-state index contributed by atoms with van der Waals surface area (Å²) in [5, 5.41) is 3.47. The van der Waals surface area contributed by atoms with Crippen LogP contribution in [0.3, 0.4) is 0 Å². The van der Waals surface area contributed by atoms with E-state index in [1.54, 1.807) is 0 Å². The molecule has 0 bridgehead atoms. The maximum atomic E-state index is 3.47. The number of rotatable bonds is 3. The molecule has 0 aliphatic rings. The Morgan fingerprint density at radius 1 is 0.882 bits per heavy atom. The van der Waals surface area contributed by atoms with Gasteiger partial charge in [-0.25, -0.2) is 0 Å². The van der Waals surface area contributed by atoms with Crippen LogP contribution in [0.1, 0.15) is 22.3 Å². The Balaban J connectivity index is 2.09. The fourth-order valence-corrected chi connectivity index (χ4v) is 1.94. The van der Waals surface area contributed by atoms with Crippen LogP contribution in [0.2, 0.25) is 0 Å². The van der Waals surface area contributed by atoms with E-state index < -0.39 is 0 Å². The predicted molar refractivity (Wildman–Crippen MR) is 74.4 cm³/mol. The molecule has 0 aliphatic heterocycles. The minimum Gasteiger partial charge on any atom is -0.381 e. The molecule has 88 valence electrons. The predicted octanol–water partition coefficient (Wildman–Crippen LogP) is 4.22. The molecule has 0 unspecified atom stereocenters. The Kier molecular flexibility index (Phi) is 3.48. The van der Waals surface area contributed by atoms with Gasteiger partial charge in [0.15, 0.2) is 0 Å². The fraction of sp³-hybridized carbons (Fsp3) is 0.250. The van der Waals surface area contributed by atoms with Crippen molar-refractivity contribution < 1.29 is 0 Å². The van der Waals surface area contributed by atoms with E-state index in [4.69, 9.17) is 0 Å². The Morgan fingerprint density at radius 3 is 2.41 bits per heavy atom. The standard InChI is InChI=1S/C16H19N/c1-12-5-4-6-16(10-12)17-11-15-9-13(2)7-8-14(15)3/h4-10,17H,11H2,1-3H3. The maximum Gasteiger partial charge on any atom is 0.0403 e. The molecular weight excluding hydrogens is 206 g/mol. The summed E-state index contributed by atoms with van der Waals surface area (Å²) < 4.78 is 0. The minimum absolute atomic E-state index is 0.886. The lowest BCUT2D eigenvalue weighted by atomic mass is 10.1. The van der Waals surface area contributed by atoms with E-state index in [9.17, 15) is 0 Å². The third kappa shape index (κ3) is 3.10. The fourth-order valence-electron chi connectivity index (χ4n) is 1.94. The smallest absolute Gasteiger partial charge is 0.0403 e. The highest BCUT2D eigenvalue weighted by atomic mass is 14.9. The van der Waals surface area contributed by atoms with Gasteiger partial charge in [0, 0.05) is 12.2 Å². The van der Waals surface area contributed by atoms with Gasteiger partial charge < -0.3 is 5.32 Å². The Hall–Kier alpha value is -1.76. The number of hydrogen-bond acceptors (Lipinski definition) is 1. The minimum atomic E-state index is 0.886. The average molecular weight is 225 g/mol. The van der Waals surface area contributed by atoms with Crippen molar-refractivity contribution in [2.45, 2.75) is 27.3 Å². The summed E-state index contributed by atoms with van der Waals surface area (Å²) in [5.41, 5.74) is 6.50. The summed E-state index contributed by atoms with van der Waals surface area (Å²) in [7, 11) is 0. The van der Waals surface area contributed by atoms with E-state index in [1.165, 1.54) is 27.9 Å². The number of hydrogen-bond donors (Lipinski definition) is 1. The molecule has 1 heteroatoms. The first-order chi connectivity index (χ1) is 8.15. The lowest BCUT2D eigenvalue weighted by Gasteiger charge is -2.10. The number of benzene rings is 2. The van der Waals surface area contributed by atoms with Gasteiger partial charge in [-0.2, -0.15) is 0 Å². The van der Waals surface area contributed by atoms with Gasteiger partial charge in [0.25, 0.3) is 0 Å². The second-order valence-electron chi connectivity index (χ2n) is 4.65. The monoisotopic (exact) mass is 225 g/mol. The van der Waals surface area contributed by atoms with Crippen molar-refractivity contribution in [2.24, 2.45) is 0 Å². The summed E-state index contributed by atoms with van der Waals surface area (Å²) >= 11 is 0. The van der Waals surface area contributed by atoms with Gasteiger partial charge in [-0.15, -0.1) is 0 Å². The van der Waals surface area contributed by atoms with E-state index >= 15 is 0 Å². The van der Waals surface area contributed by atoms with Crippen LogP contribution in [0.25, 0.3) is 0 Å². The lowest BCUT2D eigenvalue weighted by Crippen LogP contribution is -2.01. The molecule has 0 aliphatic carbocycles. The Labute approximate surface area is 103 Å². The molecule has 17 heavy (non-hydrogen) atoms. The van der Waals surface area contributed by atoms with Crippen molar-refractivity contribution in [3.63, 3.8) is 0 Å². The maximum absolute atomic E-state index is 3.47. The van der Waals surface area contributed by atoms with Crippen LogP contribution in [0.5, 0.6) is 0 Å². The van der Waals surface area contributed by atoms with Crippen LogP contribution in [-0.4, -0.2) is 0 Å². The molecule has 2 aromatic carbocycles. The molecule has 0 amide bonds. The zero-order valence-electron chi connectivity index (χ0n) is 10.7. The second-order valence-corrected chi connectivity index (χ2v) is 4.65. The molecule has 2 rings (SSSR count). The average Bonchev–Trinajstić information content (AvgIpc) is 2.30. The van der Waals surface area contributed by atoms with Gasteiger partial charge in [0.1, 0.15) is 0 Å². The first kappa shape index (κ1) is 11.7. The molecule has 0 spiro atoms. The van der Waals surface area contributed by atoms with Crippen molar-refractivity contribution in [1.29, 1.82) is 0 Å². The van der Waals surface area contributed by atoms with Crippen LogP contribution in [-0.2, 0) is 6.54 Å². The number of anilines is 1. The van der Waals surface area contributed by atoms with Crippen LogP contribution in [0.15, 0.2) is 42.5 Å². The summed E-state index contributed by atoms with van der Waals surface area (Å²) in [6, 6.07) is 15.1. The summed E-state index contributed by atoms with van der Waals surface area (Å²) in [5.74, 6) is 0. The van der Waals surface area contributed by atoms with Gasteiger partial charge >= 0.3 is 0 Å². The first-order valence-corrected chi connectivity index (χ1v) is 6.02. The largest absolute Gasteiger partial charge is 0.381 e. The van der Waals surface area contributed by atoms with Crippen LogP contribution in [0, 0.1) is 20.8 Å². The molecule has 0 fully saturated rings. The van der Waals surface area contributed by atoms with Crippen molar-refractivity contribution >= 4 is 5.69 Å². The van der Waals surface area contributed by atoms with Gasteiger partial charge in [-0.1, -0.05) is 35.9 Å². The zero-order chi connectivity index (χ0) is 12.3. The molecule has 1 N–H and O–H groups in total. The highest BCUT2D eigenvalue weighted by molar-refractivity contribution is 5.46. The van der Waals surface area contributed by atoms with E-state index in [0.29, 0.717) is 0 Å². The van der Waals surface area contributed by atoms with Crippen LogP contribution < -0.4 is 5.32 Å². The van der Waals surface area contributed by atoms with Gasteiger partial charge in [0.05, 0.1) is 0 Å². The first-order valence-electron chi connectivity index (χ1n) is 6.02. The number of nitrogens with one attached hydrogen (secondary N) is 1. The molecular formula is C16H19N. The third-order valence-electron chi connectivity index (χ3n) is 3.01. The lowest BCUT2D eigenvalue weighted by molar-refractivity contribution is 1.11. The molecule has 0 saturated heterocycles. The van der Waals surface area contributed by atoms with E-state index in [1.807, 2.05) is 0 Å². The Morgan fingerprint density at radius 2 is 1.65 bits per heavy atom. The number of aryl methyl sites for hydroxylation is 3. The Bertz CT molecular complexity index is 515. The summed E-state index contributed by atoms with van der Waals surface area (Å²) in [6.07, 6.45) is 0. The van der Waals surface area contributed by atoms with E-state index in [2.05, 4.69) is 68.6 Å².